The summed E-state index contributed by atoms with van der Waals surface area (Å²) in [5.74, 6) is 6.41. The van der Waals surface area contributed by atoms with Crippen LogP contribution in [0.1, 0.15) is 345 Å². The Bertz CT molecular complexity index is 2580. The number of carbonyl (C=O) groups excluding carboxylic acids is 1. The Labute approximate surface area is 670 Å². The predicted molar refractivity (Wildman–Crippen MR) is 444 cm³/mol. The maximum Gasteiger partial charge on any atom is 0.394 e. The molecule has 650 valence electrons. The van der Waals surface area contributed by atoms with Crippen LogP contribution < -0.4 is 0 Å². The molecule has 14 fully saturated rings. The normalized spacial score (nSPS) is 27.2. The van der Waals surface area contributed by atoms with E-state index in [9.17, 15) is 62.5 Å². The molecule has 0 aromatic heterocycles. The van der Waals surface area contributed by atoms with Crippen LogP contribution in [-0.4, -0.2) is 151 Å². The van der Waals surface area contributed by atoms with Crippen LogP contribution in [0.25, 0.3) is 0 Å². The first-order chi connectivity index (χ1) is 50.2. The molecule has 2 atom stereocenters. The van der Waals surface area contributed by atoms with Crippen molar-refractivity contribution in [1.29, 1.82) is 0 Å². The summed E-state index contributed by atoms with van der Waals surface area (Å²) in [6.45, 7) is 63.4. The Morgan fingerprint density at radius 3 is 0.936 bits per heavy atom. The van der Waals surface area contributed by atoms with E-state index in [1.807, 2.05) is 41.5 Å². The van der Waals surface area contributed by atoms with Gasteiger partial charge in [0.1, 0.15) is 11.2 Å². The zero-order valence-electron chi connectivity index (χ0n) is 75.7. The zero-order chi connectivity index (χ0) is 85.0. The van der Waals surface area contributed by atoms with Crippen LogP contribution in [0.15, 0.2) is 24.3 Å². The number of carbonyl (C=O) groups is 1. The maximum atomic E-state index is 12.2. The van der Waals surface area contributed by atoms with Gasteiger partial charge in [0.2, 0.25) is 0 Å². The first kappa shape index (κ1) is 104. The molecule has 17 heteroatoms. The number of nitrogens with zero attached hydrogens (tertiary/aromatic N) is 1. The van der Waals surface area contributed by atoms with Crippen LogP contribution in [0.4, 0.5) is 22.0 Å². The fourth-order valence-corrected chi connectivity index (χ4v) is 14.4. The molecule has 0 radical (unpaired) electrons. The number of halogens is 5. The first-order valence-corrected chi connectivity index (χ1v) is 43.7. The van der Waals surface area contributed by atoms with Crippen molar-refractivity contribution in [2.45, 2.75) is 392 Å². The van der Waals surface area contributed by atoms with Gasteiger partial charge in [-0.25, -0.2) is 8.78 Å². The van der Waals surface area contributed by atoms with Crippen molar-refractivity contribution in [2.75, 3.05) is 53.2 Å². The number of aryl methyl sites for hydroxylation is 1. The van der Waals surface area contributed by atoms with Gasteiger partial charge in [-0.3, -0.25) is 4.79 Å². The van der Waals surface area contributed by atoms with E-state index in [2.05, 4.69) is 149 Å². The molecule has 1 aromatic carbocycles. The second kappa shape index (κ2) is 43.6. The largest absolute Gasteiger partial charge is 0.394 e. The number of hydrogen-bond donors (Lipinski definition) is 7. The van der Waals surface area contributed by atoms with Crippen molar-refractivity contribution < 1.29 is 76.7 Å². The molecule has 2 unspecified atom stereocenters. The van der Waals surface area contributed by atoms with Gasteiger partial charge in [0.25, 0.3) is 11.8 Å². The van der Waals surface area contributed by atoms with Crippen molar-refractivity contribution in [3.63, 3.8) is 0 Å². The lowest BCUT2D eigenvalue weighted by Gasteiger charge is -2.64. The topological polar surface area (TPSA) is 190 Å². The Hall–Kier alpha value is -2.06. The average molecular weight is 1580 g/mol. The van der Waals surface area contributed by atoms with E-state index >= 15 is 0 Å². The number of likely N-dealkylation sites (tertiary alicyclic amines) is 1. The summed E-state index contributed by atoms with van der Waals surface area (Å²) in [7, 11) is 1.72. The number of ether oxygens (including phenoxy) is 3. The monoisotopic (exact) mass is 1570 g/mol. The minimum atomic E-state index is -3.97. The summed E-state index contributed by atoms with van der Waals surface area (Å²) in [5, 5.41) is 66.6. The molecule has 4 aliphatic heterocycles. The van der Waals surface area contributed by atoms with Crippen molar-refractivity contribution in [2.24, 2.45) is 105 Å². The molecular formula is C93H172F5NO11. The Balaban J connectivity index is 0.000000406. The summed E-state index contributed by atoms with van der Waals surface area (Å²) in [6, 6.07) is 8.71. The quantitative estimate of drug-likeness (QED) is 0.0931. The molecule has 12 nitrogen and oxygen atoms in total. The van der Waals surface area contributed by atoms with Crippen molar-refractivity contribution in [1.82, 2.24) is 4.90 Å². The van der Waals surface area contributed by atoms with Gasteiger partial charge in [-0.05, 0) is 215 Å². The molecule has 4 saturated heterocycles. The van der Waals surface area contributed by atoms with Crippen molar-refractivity contribution in [3.8, 4) is 0 Å². The molecule has 14 aliphatic rings. The highest BCUT2D eigenvalue weighted by molar-refractivity contribution is 5.87. The van der Waals surface area contributed by atoms with E-state index in [1.165, 1.54) is 56.1 Å². The fourth-order valence-electron chi connectivity index (χ4n) is 14.4. The molecule has 1 amide bonds. The van der Waals surface area contributed by atoms with Crippen LogP contribution in [0.2, 0.25) is 0 Å². The summed E-state index contributed by atoms with van der Waals surface area (Å²) in [5.41, 5.74) is -0.981. The standard InChI is InChI=1S/C10H14.C8H15NO2.C8H16O.C8H14.C7H11F3.C7H12F2O.C7H14O2.C7H14O.C7H14.C6H12O2.2C6H12O.C6H12/c1-8(2)10-6-4-9(3)5-7-10;1-6(2)8(11)4-5-9(3)7(8)10;1-7(2)8(9)5-3-4-6-8;1-6(2)8-3-7(4-8)5-8;1-5(2)6(3-4-6)7(8,9)10;1-5(2)6(10)3-7(8,9)4-6;1-6(2)7(8)3-4-9-5-7;1-6(2)7(8)4-3-5-7;1-6(2)7(3)4-5-7;1-5(2)6(7)3-8-4-6;1-5(2)6-3-7-4-6;1-5(2)6(7)3-4-6;1-5(2)6-3-4-6/h4-8H,1-3H3;6,11H,4-5H2,1-3H3;7,9H,3-6H2,1-2H3;6-7H,3-5H2,1-2H3;5H,3-4H2,1-2H3;5,10H,3-4H2,1-2H3;6,8H,3-5H2,1-2H3;6,8H,3-5H2,1-2H3;6H,4-5H2,1-3H3;5,7H,3-4H2,1-2H3;5-6H,3-4H2,1-2H3;5,7H,3-4H2,1-2H3;5-6H,3-4H2,1-2H3. The van der Waals surface area contributed by atoms with E-state index < -0.39 is 39.9 Å². The van der Waals surface area contributed by atoms with E-state index in [-0.39, 0.29) is 53.3 Å². The third-order valence-electron chi connectivity index (χ3n) is 28.4. The smallest absolute Gasteiger partial charge is 0.390 e. The molecule has 10 aliphatic carbocycles. The van der Waals surface area contributed by atoms with E-state index in [0.29, 0.717) is 87.7 Å². The van der Waals surface area contributed by atoms with Gasteiger partial charge >= 0.3 is 6.18 Å². The molecule has 2 bridgehead atoms. The molecule has 1 aromatic rings. The van der Waals surface area contributed by atoms with E-state index in [1.54, 1.807) is 58.9 Å². The van der Waals surface area contributed by atoms with Crippen molar-refractivity contribution >= 4 is 5.91 Å². The van der Waals surface area contributed by atoms with Gasteiger partial charge in [-0.1, -0.05) is 230 Å². The molecular weight excluding hydrogens is 1400 g/mol. The van der Waals surface area contributed by atoms with Gasteiger partial charge in [0, 0.05) is 51.8 Å². The second-order valence-corrected chi connectivity index (χ2v) is 41.0. The molecule has 7 N–H and O–H groups in total. The predicted octanol–water partition coefficient (Wildman–Crippen LogP) is 22.2. The Morgan fingerprint density at radius 1 is 0.436 bits per heavy atom. The number of aliphatic hydroxyl groups is 7. The van der Waals surface area contributed by atoms with Gasteiger partial charge in [0.05, 0.1) is 66.5 Å². The fraction of sp³-hybridized carbons (Fsp3) is 0.925. The first-order valence-electron chi connectivity index (χ1n) is 43.7. The molecule has 4 heterocycles. The zero-order valence-corrected chi connectivity index (χ0v) is 75.7. The van der Waals surface area contributed by atoms with Gasteiger partial charge in [-0.2, -0.15) is 13.2 Å². The minimum absolute atomic E-state index is 0.0138. The summed E-state index contributed by atoms with van der Waals surface area (Å²) in [6.07, 6.45) is 17.7. The highest BCUT2D eigenvalue weighted by atomic mass is 19.4. The summed E-state index contributed by atoms with van der Waals surface area (Å²) >= 11 is 0. The van der Waals surface area contributed by atoms with E-state index in [4.69, 9.17) is 14.2 Å². The molecule has 15 rings (SSSR count). The SMILES string of the molecule is CC(C)C1(C(F)(F)F)CC1.CC(C)C1(C)CC1.CC(C)C1(O)CC(F)(F)C1.CC(C)C1(O)CC1.CC(C)C1(O)CCC1.CC(C)C1(O)CCCC1.CC(C)C1(O)CCN(C)C1=O.CC(C)C1(O)CCOC1.CC(C)C1(O)COC1.CC(C)C12CC(C1)C2.CC(C)C1CC1.CC(C)C1COC1.Cc1ccc(C(C)C)cc1. The van der Waals surface area contributed by atoms with Gasteiger partial charge < -0.3 is 54.9 Å². The maximum absolute atomic E-state index is 12.2. The number of hydrogen-bond acceptors (Lipinski definition) is 11. The third-order valence-corrected chi connectivity index (χ3v) is 28.4. The lowest BCUT2D eigenvalue weighted by atomic mass is 9.41. The van der Waals surface area contributed by atoms with Crippen LogP contribution >= 0.6 is 0 Å². The molecule has 110 heavy (non-hydrogen) atoms. The summed E-state index contributed by atoms with van der Waals surface area (Å²) < 4.78 is 75.8. The lowest BCUT2D eigenvalue weighted by Crippen LogP contribution is -2.54. The van der Waals surface area contributed by atoms with Gasteiger partial charge in [0.15, 0.2) is 0 Å². The minimum Gasteiger partial charge on any atom is -0.390 e. The Morgan fingerprint density at radius 2 is 0.836 bits per heavy atom. The molecule has 10 saturated carbocycles. The highest BCUT2D eigenvalue weighted by Gasteiger charge is 2.65. The number of amides is 1. The van der Waals surface area contributed by atoms with Crippen LogP contribution in [0.3, 0.4) is 0 Å². The third kappa shape index (κ3) is 32.3. The number of likely N-dealkylation sites (N-methyl/N-ethyl adjacent to an activating group) is 1. The average Bonchev–Trinajstić information content (AvgIpc) is 1.54. The Kier molecular flexibility index (Phi) is 41.2. The van der Waals surface area contributed by atoms with Crippen LogP contribution in [-0.2, 0) is 19.0 Å². The van der Waals surface area contributed by atoms with E-state index in [0.717, 1.165) is 110 Å². The summed E-state index contributed by atoms with van der Waals surface area (Å²) in [4.78, 5) is 12.9. The van der Waals surface area contributed by atoms with Crippen LogP contribution in [0.5, 0.6) is 0 Å². The number of benzene rings is 1. The lowest BCUT2D eigenvalue weighted by molar-refractivity contribution is -0.222. The number of rotatable bonds is 13. The second-order valence-electron chi connectivity index (χ2n) is 41.0. The van der Waals surface area contributed by atoms with Crippen molar-refractivity contribution in [3.05, 3.63) is 35.4 Å². The van der Waals surface area contributed by atoms with Gasteiger partial charge in [-0.15, -0.1) is 0 Å². The molecule has 0 spiro atoms. The highest BCUT2D eigenvalue weighted by Crippen LogP contribution is 2.68. The van der Waals surface area contributed by atoms with Crippen LogP contribution in [0, 0.1) is 112 Å². The number of alkyl halides is 5.